The number of hydrogen-bond donors (Lipinski definition) is 3. The molecule has 4 nitrogen and oxygen atoms in total. The standard InChI is InChI=1S/C10H17N3OS/c1-15-5-3-2-4-12-10(14)9-6-8(11)7-13-9/h6-7,13H,2-5,11H2,1H3,(H,12,14). The molecular weight excluding hydrogens is 210 g/mol. The van der Waals surface area contributed by atoms with Crippen molar-refractivity contribution in [1.29, 1.82) is 0 Å². The molecule has 0 fully saturated rings. The maximum atomic E-state index is 11.5. The summed E-state index contributed by atoms with van der Waals surface area (Å²) in [5.74, 6) is 1.06. The normalized spacial score (nSPS) is 10.2. The van der Waals surface area contributed by atoms with Gasteiger partial charge in [-0.15, -0.1) is 0 Å². The highest BCUT2D eigenvalue weighted by Gasteiger charge is 2.05. The Kier molecular flexibility index (Phi) is 5.10. The Balaban J connectivity index is 2.19. The molecule has 0 aliphatic rings. The number of aromatic nitrogens is 1. The Morgan fingerprint density at radius 3 is 3.00 bits per heavy atom. The molecule has 0 aromatic carbocycles. The number of nitrogen functional groups attached to an aromatic ring is 1. The molecule has 1 amide bonds. The van der Waals surface area contributed by atoms with Crippen LogP contribution in [0.2, 0.25) is 0 Å². The number of carbonyl (C=O) groups excluding carboxylic acids is 1. The zero-order valence-corrected chi connectivity index (χ0v) is 9.69. The van der Waals surface area contributed by atoms with Crippen LogP contribution >= 0.6 is 11.8 Å². The van der Waals surface area contributed by atoms with Gasteiger partial charge in [-0.3, -0.25) is 4.79 Å². The molecule has 0 unspecified atom stereocenters. The van der Waals surface area contributed by atoms with Crippen LogP contribution in [0, 0.1) is 0 Å². The van der Waals surface area contributed by atoms with Crippen molar-refractivity contribution in [1.82, 2.24) is 10.3 Å². The molecule has 0 saturated heterocycles. The number of amides is 1. The summed E-state index contributed by atoms with van der Waals surface area (Å²) in [6.07, 6.45) is 5.85. The predicted octanol–water partition coefficient (Wildman–Crippen LogP) is 1.47. The number of hydrogen-bond acceptors (Lipinski definition) is 3. The maximum Gasteiger partial charge on any atom is 0.267 e. The van der Waals surface area contributed by atoms with Crippen LogP contribution in [0.25, 0.3) is 0 Å². The lowest BCUT2D eigenvalue weighted by Gasteiger charge is -2.02. The lowest BCUT2D eigenvalue weighted by atomic mass is 10.3. The number of rotatable bonds is 6. The van der Waals surface area contributed by atoms with Crippen LogP contribution in [-0.2, 0) is 0 Å². The second kappa shape index (κ2) is 6.40. The molecule has 1 aromatic rings. The number of thioether (sulfide) groups is 1. The van der Waals surface area contributed by atoms with Gasteiger partial charge < -0.3 is 16.0 Å². The minimum Gasteiger partial charge on any atom is -0.397 e. The van der Waals surface area contributed by atoms with Crippen molar-refractivity contribution in [3.8, 4) is 0 Å². The van der Waals surface area contributed by atoms with Gasteiger partial charge in [0.05, 0.1) is 0 Å². The number of nitrogens with two attached hydrogens (primary N) is 1. The maximum absolute atomic E-state index is 11.5. The van der Waals surface area contributed by atoms with E-state index in [4.69, 9.17) is 5.73 Å². The van der Waals surface area contributed by atoms with Gasteiger partial charge in [-0.25, -0.2) is 0 Å². The monoisotopic (exact) mass is 227 g/mol. The topological polar surface area (TPSA) is 70.9 Å². The molecule has 0 aliphatic heterocycles. The van der Waals surface area contributed by atoms with Gasteiger partial charge in [0.2, 0.25) is 0 Å². The van der Waals surface area contributed by atoms with Crippen molar-refractivity contribution < 1.29 is 4.79 Å². The highest BCUT2D eigenvalue weighted by Crippen LogP contribution is 2.04. The number of unbranched alkanes of at least 4 members (excludes halogenated alkanes) is 1. The van der Waals surface area contributed by atoms with Crippen molar-refractivity contribution in [2.45, 2.75) is 12.8 Å². The van der Waals surface area contributed by atoms with Crippen LogP contribution in [0.4, 0.5) is 5.69 Å². The third kappa shape index (κ3) is 4.29. The summed E-state index contributed by atoms with van der Waals surface area (Å²) in [5, 5.41) is 2.84. The highest BCUT2D eigenvalue weighted by molar-refractivity contribution is 7.98. The number of nitrogens with one attached hydrogen (secondary N) is 2. The second-order valence-corrected chi connectivity index (χ2v) is 4.29. The van der Waals surface area contributed by atoms with E-state index in [1.807, 2.05) is 11.8 Å². The van der Waals surface area contributed by atoms with E-state index >= 15 is 0 Å². The molecule has 0 bridgehead atoms. The van der Waals surface area contributed by atoms with Gasteiger partial charge in [-0.05, 0) is 30.9 Å². The molecule has 0 aliphatic carbocycles. The van der Waals surface area contributed by atoms with E-state index < -0.39 is 0 Å². The van der Waals surface area contributed by atoms with Gasteiger partial charge in [-0.1, -0.05) is 0 Å². The van der Waals surface area contributed by atoms with E-state index in [2.05, 4.69) is 16.6 Å². The fourth-order valence-electron chi connectivity index (χ4n) is 1.21. The number of anilines is 1. The van der Waals surface area contributed by atoms with E-state index in [0.29, 0.717) is 11.4 Å². The Morgan fingerprint density at radius 2 is 2.40 bits per heavy atom. The Bertz CT molecular complexity index is 311. The van der Waals surface area contributed by atoms with Crippen molar-refractivity contribution in [2.75, 3.05) is 24.3 Å². The average molecular weight is 227 g/mol. The van der Waals surface area contributed by atoms with E-state index in [0.717, 1.165) is 25.1 Å². The van der Waals surface area contributed by atoms with Crippen LogP contribution in [0.1, 0.15) is 23.3 Å². The van der Waals surface area contributed by atoms with Gasteiger partial charge >= 0.3 is 0 Å². The Hall–Kier alpha value is -1.10. The van der Waals surface area contributed by atoms with E-state index in [-0.39, 0.29) is 5.91 Å². The van der Waals surface area contributed by atoms with Gasteiger partial charge in [0, 0.05) is 18.4 Å². The molecule has 1 aromatic heterocycles. The molecular formula is C10H17N3OS. The largest absolute Gasteiger partial charge is 0.397 e. The summed E-state index contributed by atoms with van der Waals surface area (Å²) in [5.41, 5.74) is 6.61. The van der Waals surface area contributed by atoms with Gasteiger partial charge in [-0.2, -0.15) is 11.8 Å². The van der Waals surface area contributed by atoms with E-state index in [1.54, 1.807) is 12.3 Å². The van der Waals surface area contributed by atoms with Gasteiger partial charge in [0.25, 0.3) is 5.91 Å². The zero-order chi connectivity index (χ0) is 11.1. The van der Waals surface area contributed by atoms with Crippen LogP contribution < -0.4 is 11.1 Å². The Morgan fingerprint density at radius 1 is 1.60 bits per heavy atom. The molecule has 0 saturated carbocycles. The van der Waals surface area contributed by atoms with Crippen LogP contribution in [0.15, 0.2) is 12.3 Å². The molecule has 5 heteroatoms. The second-order valence-electron chi connectivity index (χ2n) is 3.30. The van der Waals surface area contributed by atoms with E-state index in [9.17, 15) is 4.79 Å². The first-order valence-corrected chi connectivity index (χ1v) is 6.34. The number of carbonyl (C=O) groups is 1. The SMILES string of the molecule is CSCCCCNC(=O)c1cc(N)c[nH]1. The van der Waals surface area contributed by atoms with Crippen molar-refractivity contribution in [3.05, 3.63) is 18.0 Å². The van der Waals surface area contributed by atoms with Gasteiger partial charge in [0.1, 0.15) is 5.69 Å². The molecule has 0 radical (unpaired) electrons. The summed E-state index contributed by atoms with van der Waals surface area (Å²) in [6.45, 7) is 0.721. The van der Waals surface area contributed by atoms with Gasteiger partial charge in [0.15, 0.2) is 0 Å². The third-order valence-electron chi connectivity index (χ3n) is 2.01. The third-order valence-corrected chi connectivity index (χ3v) is 2.71. The van der Waals surface area contributed by atoms with E-state index in [1.165, 1.54) is 0 Å². The quantitative estimate of drug-likeness (QED) is 0.644. The minimum absolute atomic E-state index is 0.0872. The lowest BCUT2D eigenvalue weighted by Crippen LogP contribution is -2.24. The zero-order valence-electron chi connectivity index (χ0n) is 8.88. The summed E-state index contributed by atoms with van der Waals surface area (Å²) >= 11 is 1.82. The molecule has 15 heavy (non-hydrogen) atoms. The van der Waals surface area contributed by atoms with Crippen LogP contribution in [0.5, 0.6) is 0 Å². The summed E-state index contributed by atoms with van der Waals surface area (Å²) in [7, 11) is 0. The molecule has 0 spiro atoms. The molecule has 0 atom stereocenters. The average Bonchev–Trinajstić information content (AvgIpc) is 2.64. The number of aromatic amines is 1. The first kappa shape index (κ1) is 12.0. The molecule has 1 rings (SSSR count). The summed E-state index contributed by atoms with van der Waals surface area (Å²) in [6, 6.07) is 1.64. The molecule has 1 heterocycles. The Labute approximate surface area is 94.0 Å². The summed E-state index contributed by atoms with van der Waals surface area (Å²) in [4.78, 5) is 14.3. The van der Waals surface area contributed by atoms with Crippen LogP contribution in [0.3, 0.4) is 0 Å². The number of H-pyrrole nitrogens is 1. The predicted molar refractivity (Wildman–Crippen MR) is 65.2 cm³/mol. The summed E-state index contributed by atoms with van der Waals surface area (Å²) < 4.78 is 0. The van der Waals surface area contributed by atoms with Crippen molar-refractivity contribution in [3.63, 3.8) is 0 Å². The minimum atomic E-state index is -0.0872. The van der Waals surface area contributed by atoms with Crippen molar-refractivity contribution in [2.24, 2.45) is 0 Å². The van der Waals surface area contributed by atoms with Crippen LogP contribution in [-0.4, -0.2) is 29.4 Å². The fraction of sp³-hybridized carbons (Fsp3) is 0.500. The fourth-order valence-corrected chi connectivity index (χ4v) is 1.70. The smallest absolute Gasteiger partial charge is 0.267 e. The van der Waals surface area contributed by atoms with Crippen molar-refractivity contribution >= 4 is 23.4 Å². The molecule has 4 N–H and O–H groups in total. The molecule has 84 valence electrons. The first-order chi connectivity index (χ1) is 7.24. The highest BCUT2D eigenvalue weighted by atomic mass is 32.2. The lowest BCUT2D eigenvalue weighted by molar-refractivity contribution is 0.0949. The first-order valence-electron chi connectivity index (χ1n) is 4.95.